The predicted molar refractivity (Wildman–Crippen MR) is 106 cm³/mol. The third-order valence-electron chi connectivity index (χ3n) is 6.02. The van der Waals surface area contributed by atoms with Crippen molar-refractivity contribution in [3.63, 3.8) is 0 Å². The number of nitrogens with zero attached hydrogens (tertiary/aromatic N) is 2. The minimum atomic E-state index is -0.211. The second-order valence-corrected chi connectivity index (χ2v) is 9.00. The molecule has 136 valence electrons. The van der Waals surface area contributed by atoms with E-state index in [0.29, 0.717) is 6.04 Å². The summed E-state index contributed by atoms with van der Waals surface area (Å²) in [6.45, 7) is 7.47. The van der Waals surface area contributed by atoms with Gasteiger partial charge in [-0.2, -0.15) is 0 Å². The maximum absolute atomic E-state index is 10.8. The van der Waals surface area contributed by atoms with Crippen molar-refractivity contribution in [1.29, 1.82) is 0 Å². The number of aliphatic hydroxyl groups is 1. The molecule has 0 saturated carbocycles. The maximum atomic E-state index is 10.8. The molecule has 2 fully saturated rings. The van der Waals surface area contributed by atoms with E-state index < -0.39 is 0 Å². The molecule has 0 radical (unpaired) electrons. The number of hydrogen-bond acceptors (Lipinski definition) is 4. The molecular weight excluding hydrogens is 328 g/mol. The van der Waals surface area contributed by atoms with Gasteiger partial charge in [0.15, 0.2) is 0 Å². The van der Waals surface area contributed by atoms with Crippen molar-refractivity contribution >= 4 is 21.4 Å². The van der Waals surface area contributed by atoms with E-state index in [2.05, 4.69) is 41.0 Å². The van der Waals surface area contributed by atoms with Crippen LogP contribution in [-0.4, -0.2) is 53.2 Å². The number of aliphatic hydroxyl groups excluding tert-OH is 1. The van der Waals surface area contributed by atoms with Crippen molar-refractivity contribution in [3.8, 4) is 0 Å². The van der Waals surface area contributed by atoms with Crippen LogP contribution >= 0.6 is 11.3 Å². The molecule has 1 aromatic carbocycles. The van der Waals surface area contributed by atoms with Crippen LogP contribution in [0.4, 0.5) is 0 Å². The highest BCUT2D eigenvalue weighted by Crippen LogP contribution is 2.32. The minimum absolute atomic E-state index is 0.211. The largest absolute Gasteiger partial charge is 0.390 e. The molecule has 2 saturated heterocycles. The second kappa shape index (κ2) is 7.75. The van der Waals surface area contributed by atoms with Gasteiger partial charge in [-0.1, -0.05) is 31.0 Å². The fourth-order valence-electron chi connectivity index (χ4n) is 4.62. The zero-order valence-electron chi connectivity index (χ0n) is 15.3. The SMILES string of the molecule is Cc1sc2ccccc2c1CN1CC[C@H](N2CCCCCC2)[C@@H](O)C1. The molecule has 3 nitrogen and oxygen atoms in total. The van der Waals surface area contributed by atoms with Crippen molar-refractivity contribution in [2.24, 2.45) is 0 Å². The average molecular weight is 359 g/mol. The molecule has 2 atom stereocenters. The average Bonchev–Trinajstić information content (AvgIpc) is 2.79. The first-order valence-electron chi connectivity index (χ1n) is 9.84. The first-order valence-corrected chi connectivity index (χ1v) is 10.7. The van der Waals surface area contributed by atoms with Crippen molar-refractivity contribution in [2.75, 3.05) is 26.2 Å². The monoisotopic (exact) mass is 358 g/mol. The second-order valence-electron chi connectivity index (χ2n) is 7.74. The van der Waals surface area contributed by atoms with Crippen LogP contribution in [0.25, 0.3) is 10.1 Å². The maximum Gasteiger partial charge on any atom is 0.0822 e. The van der Waals surface area contributed by atoms with E-state index in [9.17, 15) is 5.11 Å². The molecule has 0 spiro atoms. The van der Waals surface area contributed by atoms with Gasteiger partial charge in [-0.05, 0) is 56.3 Å². The Morgan fingerprint density at radius 2 is 1.84 bits per heavy atom. The first kappa shape index (κ1) is 17.5. The van der Waals surface area contributed by atoms with Crippen LogP contribution in [0.2, 0.25) is 0 Å². The molecule has 4 heteroatoms. The van der Waals surface area contributed by atoms with Crippen LogP contribution in [0.15, 0.2) is 24.3 Å². The summed E-state index contributed by atoms with van der Waals surface area (Å²) in [5, 5.41) is 12.2. The van der Waals surface area contributed by atoms with Crippen molar-refractivity contribution in [3.05, 3.63) is 34.7 Å². The van der Waals surface area contributed by atoms with Crippen LogP contribution in [0.3, 0.4) is 0 Å². The number of benzene rings is 1. The topological polar surface area (TPSA) is 26.7 Å². The molecule has 0 unspecified atom stereocenters. The Kier molecular flexibility index (Phi) is 5.41. The normalized spacial score (nSPS) is 26.8. The van der Waals surface area contributed by atoms with Gasteiger partial charge in [0.1, 0.15) is 0 Å². The van der Waals surface area contributed by atoms with Crippen LogP contribution in [-0.2, 0) is 6.54 Å². The summed E-state index contributed by atoms with van der Waals surface area (Å²) in [6.07, 6.45) is 6.20. The number of β-amino-alcohol motifs (C(OH)–C–C–N with tert-alkyl or cyclic N) is 1. The quantitative estimate of drug-likeness (QED) is 0.898. The van der Waals surface area contributed by atoms with Gasteiger partial charge in [0.05, 0.1) is 6.10 Å². The molecule has 4 rings (SSSR count). The van der Waals surface area contributed by atoms with Crippen LogP contribution in [0.1, 0.15) is 42.5 Å². The molecule has 2 aromatic rings. The summed E-state index contributed by atoms with van der Waals surface area (Å²) >= 11 is 1.90. The highest BCUT2D eigenvalue weighted by atomic mass is 32.1. The van der Waals surface area contributed by atoms with E-state index in [1.165, 1.54) is 59.3 Å². The molecule has 0 bridgehead atoms. The summed E-state index contributed by atoms with van der Waals surface area (Å²) in [5.74, 6) is 0. The van der Waals surface area contributed by atoms with E-state index in [1.54, 1.807) is 0 Å². The Morgan fingerprint density at radius 1 is 1.08 bits per heavy atom. The number of aryl methyl sites for hydroxylation is 1. The van der Waals surface area contributed by atoms with E-state index in [1.807, 2.05) is 11.3 Å². The minimum Gasteiger partial charge on any atom is -0.390 e. The molecule has 2 aliphatic rings. The summed E-state index contributed by atoms with van der Waals surface area (Å²) in [5.41, 5.74) is 1.46. The predicted octanol–water partition coefficient (Wildman–Crippen LogP) is 4.02. The first-order chi connectivity index (χ1) is 12.2. The lowest BCUT2D eigenvalue weighted by Crippen LogP contribution is -2.54. The van der Waals surface area contributed by atoms with Gasteiger partial charge in [-0.25, -0.2) is 0 Å². The third kappa shape index (κ3) is 3.77. The molecule has 0 amide bonds. The van der Waals surface area contributed by atoms with Gasteiger partial charge >= 0.3 is 0 Å². The number of hydrogen-bond donors (Lipinski definition) is 1. The summed E-state index contributed by atoms with van der Waals surface area (Å²) in [6, 6.07) is 9.09. The van der Waals surface area contributed by atoms with E-state index >= 15 is 0 Å². The number of likely N-dealkylation sites (tertiary alicyclic amines) is 2. The molecule has 1 aromatic heterocycles. The van der Waals surface area contributed by atoms with Crippen LogP contribution in [0, 0.1) is 6.92 Å². The van der Waals surface area contributed by atoms with Crippen LogP contribution < -0.4 is 0 Å². The number of piperidine rings is 1. The van der Waals surface area contributed by atoms with E-state index in [4.69, 9.17) is 0 Å². The van der Waals surface area contributed by atoms with Crippen LogP contribution in [0.5, 0.6) is 0 Å². The van der Waals surface area contributed by atoms with Crippen molar-refractivity contribution < 1.29 is 5.11 Å². The van der Waals surface area contributed by atoms with Gasteiger partial charge < -0.3 is 5.11 Å². The Morgan fingerprint density at radius 3 is 2.60 bits per heavy atom. The Labute approximate surface area is 155 Å². The lowest BCUT2D eigenvalue weighted by molar-refractivity contribution is -0.0143. The number of fused-ring (bicyclic) bond motifs is 1. The van der Waals surface area contributed by atoms with Gasteiger partial charge in [-0.15, -0.1) is 11.3 Å². The van der Waals surface area contributed by atoms with Gasteiger partial charge in [0.2, 0.25) is 0 Å². The highest BCUT2D eigenvalue weighted by molar-refractivity contribution is 7.19. The molecular formula is C21H30N2OS. The fraction of sp³-hybridized carbons (Fsp3) is 0.619. The molecule has 3 heterocycles. The smallest absolute Gasteiger partial charge is 0.0822 e. The Balaban J connectivity index is 1.43. The van der Waals surface area contributed by atoms with Crippen molar-refractivity contribution in [1.82, 2.24) is 9.80 Å². The molecule has 25 heavy (non-hydrogen) atoms. The Hall–Kier alpha value is -0.940. The highest BCUT2D eigenvalue weighted by Gasteiger charge is 2.32. The molecule has 0 aliphatic carbocycles. The zero-order valence-corrected chi connectivity index (χ0v) is 16.1. The zero-order chi connectivity index (χ0) is 17.2. The van der Waals surface area contributed by atoms with Gasteiger partial charge in [0.25, 0.3) is 0 Å². The number of rotatable bonds is 3. The molecule has 2 aliphatic heterocycles. The summed E-state index contributed by atoms with van der Waals surface area (Å²) < 4.78 is 1.38. The lowest BCUT2D eigenvalue weighted by atomic mass is 9.98. The third-order valence-corrected chi connectivity index (χ3v) is 7.15. The summed E-state index contributed by atoms with van der Waals surface area (Å²) in [4.78, 5) is 6.45. The Bertz CT molecular complexity index is 705. The fourth-order valence-corrected chi connectivity index (χ4v) is 5.70. The van der Waals surface area contributed by atoms with Gasteiger partial charge in [0, 0.05) is 35.3 Å². The van der Waals surface area contributed by atoms with Gasteiger partial charge in [-0.3, -0.25) is 9.80 Å². The number of thiophene rings is 1. The summed E-state index contributed by atoms with van der Waals surface area (Å²) in [7, 11) is 0. The van der Waals surface area contributed by atoms with Crippen molar-refractivity contribution in [2.45, 2.75) is 57.7 Å². The van der Waals surface area contributed by atoms with E-state index in [-0.39, 0.29) is 6.10 Å². The lowest BCUT2D eigenvalue weighted by Gasteiger charge is -2.41. The molecule has 1 N–H and O–H groups in total. The standard InChI is InChI=1S/C21H30N2OS/c1-16-18(17-8-4-5-9-21(17)25-16)14-22-13-10-19(20(24)15-22)23-11-6-2-3-7-12-23/h4-5,8-9,19-20,24H,2-3,6-7,10-15H2,1H3/t19-,20-/m0/s1. The van der Waals surface area contributed by atoms with E-state index in [0.717, 1.165) is 26.1 Å².